The fourth-order valence-corrected chi connectivity index (χ4v) is 2.25. The molecule has 0 aromatic heterocycles. The van der Waals surface area contributed by atoms with Crippen molar-refractivity contribution < 1.29 is 9.53 Å². The Labute approximate surface area is 141 Å². The maximum atomic E-state index is 11.8. The van der Waals surface area contributed by atoms with Crippen LogP contribution in [-0.4, -0.2) is 24.2 Å². The Kier molecular flexibility index (Phi) is 6.56. The van der Waals surface area contributed by atoms with Gasteiger partial charge in [-0.25, -0.2) is 0 Å². The smallest absolute Gasteiger partial charge is 0.264 e. The van der Waals surface area contributed by atoms with Crippen molar-refractivity contribution in [2.24, 2.45) is 0 Å². The second-order valence-electron chi connectivity index (χ2n) is 5.09. The van der Waals surface area contributed by atoms with Crippen LogP contribution in [-0.2, 0) is 11.2 Å². The molecule has 0 spiro atoms. The number of benzene rings is 2. The van der Waals surface area contributed by atoms with Crippen LogP contribution in [0.15, 0.2) is 54.6 Å². The number of thiocarbonyl (C=S) groups is 1. The van der Waals surface area contributed by atoms with Crippen LogP contribution < -0.4 is 15.4 Å². The Morgan fingerprint density at radius 3 is 2.52 bits per heavy atom. The van der Waals surface area contributed by atoms with Crippen LogP contribution >= 0.6 is 12.2 Å². The van der Waals surface area contributed by atoms with Crippen molar-refractivity contribution in [3.63, 3.8) is 0 Å². The molecule has 2 rings (SSSR count). The van der Waals surface area contributed by atoms with Gasteiger partial charge in [-0.3, -0.25) is 4.79 Å². The third-order valence-corrected chi connectivity index (χ3v) is 3.49. The second-order valence-corrected chi connectivity index (χ2v) is 5.50. The summed E-state index contributed by atoms with van der Waals surface area (Å²) in [4.78, 5) is 11.8. The molecular weight excluding hydrogens is 308 g/mol. The van der Waals surface area contributed by atoms with Gasteiger partial charge in [0.15, 0.2) is 11.7 Å². The van der Waals surface area contributed by atoms with Gasteiger partial charge in [0.25, 0.3) is 5.91 Å². The Balaban J connectivity index is 1.66. The van der Waals surface area contributed by atoms with Gasteiger partial charge in [-0.2, -0.15) is 0 Å². The molecule has 1 amide bonds. The Bertz CT molecular complexity index is 659. The van der Waals surface area contributed by atoms with Gasteiger partial charge in [-0.15, -0.1) is 0 Å². The number of nitrogens with one attached hydrogen (secondary N) is 2. The van der Waals surface area contributed by atoms with Crippen molar-refractivity contribution in [3.8, 4) is 5.75 Å². The maximum absolute atomic E-state index is 11.8. The quantitative estimate of drug-likeness (QED) is 0.801. The van der Waals surface area contributed by atoms with Crippen LogP contribution in [0.1, 0.15) is 11.1 Å². The first-order chi connectivity index (χ1) is 11.1. The molecule has 2 aromatic carbocycles. The van der Waals surface area contributed by atoms with Gasteiger partial charge >= 0.3 is 0 Å². The van der Waals surface area contributed by atoms with Gasteiger partial charge in [0.2, 0.25) is 0 Å². The molecule has 23 heavy (non-hydrogen) atoms. The second kappa shape index (κ2) is 8.90. The standard InChI is InChI=1S/C18H20N2O2S/c1-14-7-5-6-10-16(14)22-13-17(21)20-18(23)19-12-11-15-8-3-2-4-9-15/h2-10H,11-13H2,1H3,(H2,19,20,21,23). The van der Waals surface area contributed by atoms with Gasteiger partial charge < -0.3 is 15.4 Å². The highest BCUT2D eigenvalue weighted by Gasteiger charge is 2.06. The largest absolute Gasteiger partial charge is 0.483 e. The summed E-state index contributed by atoms with van der Waals surface area (Å²) in [5.41, 5.74) is 2.21. The van der Waals surface area contributed by atoms with E-state index in [9.17, 15) is 4.79 Å². The minimum Gasteiger partial charge on any atom is -0.483 e. The molecule has 2 N–H and O–H groups in total. The molecule has 0 aliphatic rings. The summed E-state index contributed by atoms with van der Waals surface area (Å²) in [7, 11) is 0. The van der Waals surface area contributed by atoms with E-state index < -0.39 is 0 Å². The molecule has 4 nitrogen and oxygen atoms in total. The van der Waals surface area contributed by atoms with E-state index in [2.05, 4.69) is 22.8 Å². The lowest BCUT2D eigenvalue weighted by atomic mass is 10.1. The molecule has 2 aromatic rings. The van der Waals surface area contributed by atoms with Gasteiger partial charge in [0.1, 0.15) is 5.75 Å². The molecule has 5 heteroatoms. The van der Waals surface area contributed by atoms with Crippen molar-refractivity contribution in [2.75, 3.05) is 13.2 Å². The summed E-state index contributed by atoms with van der Waals surface area (Å²) in [5.74, 6) is 0.427. The first-order valence-electron chi connectivity index (χ1n) is 7.45. The molecule has 0 saturated heterocycles. The van der Waals surface area contributed by atoms with E-state index in [1.54, 1.807) is 0 Å². The molecule has 0 unspecified atom stereocenters. The molecule has 0 saturated carbocycles. The molecular formula is C18H20N2O2S. The monoisotopic (exact) mass is 328 g/mol. The highest BCUT2D eigenvalue weighted by molar-refractivity contribution is 7.80. The zero-order valence-corrected chi connectivity index (χ0v) is 13.9. The lowest BCUT2D eigenvalue weighted by Gasteiger charge is -2.11. The van der Waals surface area contributed by atoms with E-state index in [1.807, 2.05) is 49.4 Å². The maximum Gasteiger partial charge on any atom is 0.264 e. The number of aryl methyl sites for hydroxylation is 1. The van der Waals surface area contributed by atoms with E-state index >= 15 is 0 Å². The summed E-state index contributed by atoms with van der Waals surface area (Å²) in [6.07, 6.45) is 0.844. The number of para-hydroxylation sites is 1. The molecule has 120 valence electrons. The van der Waals surface area contributed by atoms with Gasteiger partial charge in [0, 0.05) is 6.54 Å². The van der Waals surface area contributed by atoms with Crippen molar-refractivity contribution in [1.82, 2.24) is 10.6 Å². The van der Waals surface area contributed by atoms with Crippen LogP contribution in [0.4, 0.5) is 0 Å². The van der Waals surface area contributed by atoms with E-state index in [-0.39, 0.29) is 12.5 Å². The number of hydrogen-bond acceptors (Lipinski definition) is 3. The van der Waals surface area contributed by atoms with Crippen molar-refractivity contribution in [2.45, 2.75) is 13.3 Å². The molecule has 0 atom stereocenters. The average molecular weight is 328 g/mol. The van der Waals surface area contributed by atoms with Crippen LogP contribution in [0.2, 0.25) is 0 Å². The normalized spacial score (nSPS) is 9.96. The fraction of sp³-hybridized carbons (Fsp3) is 0.222. The molecule has 0 heterocycles. The topological polar surface area (TPSA) is 50.4 Å². The van der Waals surface area contributed by atoms with Crippen molar-refractivity contribution >= 4 is 23.2 Å². The highest BCUT2D eigenvalue weighted by Crippen LogP contribution is 2.15. The van der Waals surface area contributed by atoms with Gasteiger partial charge in [0.05, 0.1) is 0 Å². The number of hydrogen-bond donors (Lipinski definition) is 2. The van der Waals surface area contributed by atoms with Crippen LogP contribution in [0.5, 0.6) is 5.75 Å². The zero-order valence-electron chi connectivity index (χ0n) is 13.0. The predicted molar refractivity (Wildman–Crippen MR) is 95.6 cm³/mol. The predicted octanol–water partition coefficient (Wildman–Crippen LogP) is 2.61. The number of amides is 1. The number of rotatable bonds is 6. The fourth-order valence-electron chi connectivity index (χ4n) is 2.03. The SMILES string of the molecule is Cc1ccccc1OCC(=O)NC(=S)NCCc1ccccc1. The summed E-state index contributed by atoms with van der Waals surface area (Å²) in [6, 6.07) is 17.7. The zero-order chi connectivity index (χ0) is 16.5. The van der Waals surface area contributed by atoms with Gasteiger partial charge in [-0.1, -0.05) is 48.5 Å². The Morgan fingerprint density at radius 1 is 1.09 bits per heavy atom. The highest BCUT2D eigenvalue weighted by atomic mass is 32.1. The van der Waals surface area contributed by atoms with Crippen LogP contribution in [0.25, 0.3) is 0 Å². The van der Waals surface area contributed by atoms with E-state index in [0.717, 1.165) is 12.0 Å². The van der Waals surface area contributed by atoms with Crippen molar-refractivity contribution in [3.05, 3.63) is 65.7 Å². The molecule has 0 aliphatic carbocycles. The summed E-state index contributed by atoms with van der Waals surface area (Å²) in [5, 5.41) is 5.95. The third kappa shape index (κ3) is 6.08. The van der Waals surface area contributed by atoms with Crippen LogP contribution in [0.3, 0.4) is 0 Å². The summed E-state index contributed by atoms with van der Waals surface area (Å²) < 4.78 is 5.47. The number of carbonyl (C=O) groups excluding carboxylic acids is 1. The molecule has 0 bridgehead atoms. The lowest BCUT2D eigenvalue weighted by molar-refractivity contribution is -0.121. The van der Waals surface area contributed by atoms with Crippen LogP contribution in [0, 0.1) is 6.92 Å². The Morgan fingerprint density at radius 2 is 1.78 bits per heavy atom. The molecule has 0 fully saturated rings. The Hall–Kier alpha value is -2.40. The number of carbonyl (C=O) groups is 1. The van der Waals surface area contributed by atoms with E-state index in [4.69, 9.17) is 17.0 Å². The van der Waals surface area contributed by atoms with Crippen molar-refractivity contribution in [1.29, 1.82) is 0 Å². The lowest BCUT2D eigenvalue weighted by Crippen LogP contribution is -2.42. The summed E-state index contributed by atoms with van der Waals surface area (Å²) >= 11 is 5.10. The minimum atomic E-state index is -0.273. The molecule has 0 aliphatic heterocycles. The van der Waals surface area contributed by atoms with E-state index in [1.165, 1.54) is 5.56 Å². The van der Waals surface area contributed by atoms with E-state index in [0.29, 0.717) is 17.4 Å². The minimum absolute atomic E-state index is 0.0641. The third-order valence-electron chi connectivity index (χ3n) is 3.25. The molecule has 0 radical (unpaired) electrons. The first-order valence-corrected chi connectivity index (χ1v) is 7.86. The average Bonchev–Trinajstić information content (AvgIpc) is 2.55. The first kappa shape index (κ1) is 17.0. The number of ether oxygens (including phenoxy) is 1. The van der Waals surface area contributed by atoms with Gasteiger partial charge in [-0.05, 0) is 42.8 Å². The summed E-state index contributed by atoms with van der Waals surface area (Å²) in [6.45, 7) is 2.54.